The topological polar surface area (TPSA) is 129 Å². The Morgan fingerprint density at radius 1 is 1.11 bits per heavy atom. The highest BCUT2D eigenvalue weighted by atomic mass is 16.5. The fourth-order valence-electron chi connectivity index (χ4n) is 3.98. The predicted molar refractivity (Wildman–Crippen MR) is 137 cm³/mol. The number of amides is 1. The third-order valence-corrected chi connectivity index (χ3v) is 6.05. The molecule has 37 heavy (non-hydrogen) atoms. The van der Waals surface area contributed by atoms with E-state index >= 15 is 0 Å². The number of hydrogen-bond acceptors (Lipinski definition) is 9. The molecular weight excluding hydrogens is 472 g/mol. The Bertz CT molecular complexity index is 1330. The Balaban J connectivity index is 1.35. The standard InChI is InChI=1S/C27H26N6O4/c28-10-12-29-25(34)19-3-1-18(2-4-19)23-9-11-30-27(32-23)31-20-5-8-24(33-13-15-36-16-14-33)22(17-20)26(35)37-21-6-7-21/h1-5,8-9,11,17,21H,6-7,12-16H2,(H,29,34)(H,30,31,32). The first-order valence-corrected chi connectivity index (χ1v) is 12.1. The summed E-state index contributed by atoms with van der Waals surface area (Å²) in [4.78, 5) is 36.0. The molecule has 2 N–H and O–H groups in total. The number of ether oxygens (including phenoxy) is 2. The number of nitrogens with zero attached hydrogens (tertiary/aromatic N) is 4. The SMILES string of the molecule is N#CCNC(=O)c1ccc(-c2ccnc(Nc3ccc(N4CCOCC4)c(C(=O)OC4CC4)c3)n2)cc1. The molecule has 2 heterocycles. The van der Waals surface area contributed by atoms with E-state index in [1.54, 1.807) is 42.6 Å². The van der Waals surface area contributed by atoms with Crippen molar-refractivity contribution in [2.24, 2.45) is 0 Å². The van der Waals surface area contributed by atoms with E-state index in [-0.39, 0.29) is 24.5 Å². The lowest BCUT2D eigenvalue weighted by atomic mass is 10.1. The van der Waals surface area contributed by atoms with Crippen molar-refractivity contribution in [1.29, 1.82) is 5.26 Å². The van der Waals surface area contributed by atoms with Crippen LogP contribution in [0.3, 0.4) is 0 Å². The van der Waals surface area contributed by atoms with Crippen LogP contribution in [-0.2, 0) is 9.47 Å². The van der Waals surface area contributed by atoms with E-state index in [2.05, 4.69) is 25.5 Å². The maximum atomic E-state index is 13.0. The van der Waals surface area contributed by atoms with E-state index in [0.29, 0.717) is 54.8 Å². The quantitative estimate of drug-likeness (QED) is 0.355. The minimum absolute atomic E-state index is 0.00507. The average molecular weight is 499 g/mol. The van der Waals surface area contributed by atoms with Gasteiger partial charge in [0, 0.05) is 36.1 Å². The van der Waals surface area contributed by atoms with Crippen LogP contribution in [0.25, 0.3) is 11.3 Å². The molecule has 1 aromatic heterocycles. The van der Waals surface area contributed by atoms with Crippen LogP contribution >= 0.6 is 0 Å². The molecule has 0 atom stereocenters. The summed E-state index contributed by atoms with van der Waals surface area (Å²) in [6.07, 6.45) is 3.46. The monoisotopic (exact) mass is 498 g/mol. The summed E-state index contributed by atoms with van der Waals surface area (Å²) in [5.41, 5.74) is 3.92. The summed E-state index contributed by atoms with van der Waals surface area (Å²) >= 11 is 0. The smallest absolute Gasteiger partial charge is 0.340 e. The number of anilines is 3. The van der Waals surface area contributed by atoms with Gasteiger partial charge < -0.3 is 25.0 Å². The van der Waals surface area contributed by atoms with Gasteiger partial charge in [0.2, 0.25) is 5.95 Å². The van der Waals surface area contributed by atoms with Crippen molar-refractivity contribution in [3.63, 3.8) is 0 Å². The van der Waals surface area contributed by atoms with Crippen molar-refractivity contribution in [1.82, 2.24) is 15.3 Å². The number of carbonyl (C=O) groups is 2. The minimum atomic E-state index is -0.332. The summed E-state index contributed by atoms with van der Waals surface area (Å²) in [6.45, 7) is 2.60. The van der Waals surface area contributed by atoms with Gasteiger partial charge >= 0.3 is 5.97 Å². The van der Waals surface area contributed by atoms with E-state index in [0.717, 1.165) is 24.1 Å². The number of hydrogen-bond donors (Lipinski definition) is 2. The van der Waals surface area contributed by atoms with Crippen molar-refractivity contribution in [2.75, 3.05) is 43.1 Å². The molecule has 10 nitrogen and oxygen atoms in total. The Kier molecular flexibility index (Phi) is 7.23. The van der Waals surface area contributed by atoms with Gasteiger partial charge in [-0.1, -0.05) is 12.1 Å². The van der Waals surface area contributed by atoms with Gasteiger partial charge in [-0.15, -0.1) is 0 Å². The zero-order valence-electron chi connectivity index (χ0n) is 20.1. The van der Waals surface area contributed by atoms with Gasteiger partial charge in [0.05, 0.1) is 36.2 Å². The van der Waals surface area contributed by atoms with Gasteiger partial charge in [0.15, 0.2) is 0 Å². The van der Waals surface area contributed by atoms with Gasteiger partial charge in [0.1, 0.15) is 12.6 Å². The van der Waals surface area contributed by atoms with Gasteiger partial charge in [-0.25, -0.2) is 14.8 Å². The Hall–Kier alpha value is -4.49. The number of aromatic nitrogens is 2. The Labute approximate surface area is 214 Å². The van der Waals surface area contributed by atoms with Crippen LogP contribution in [-0.4, -0.2) is 60.8 Å². The van der Waals surface area contributed by atoms with Crippen molar-refractivity contribution >= 4 is 29.2 Å². The van der Waals surface area contributed by atoms with E-state index in [4.69, 9.17) is 14.7 Å². The molecule has 5 rings (SSSR count). The van der Waals surface area contributed by atoms with Crippen LogP contribution in [0.1, 0.15) is 33.6 Å². The number of esters is 1. The molecule has 1 saturated heterocycles. The zero-order valence-corrected chi connectivity index (χ0v) is 20.1. The number of nitrogens with one attached hydrogen (secondary N) is 2. The molecule has 1 amide bonds. The summed E-state index contributed by atoms with van der Waals surface area (Å²) < 4.78 is 11.1. The maximum Gasteiger partial charge on any atom is 0.340 e. The van der Waals surface area contributed by atoms with Gasteiger partial charge in [-0.3, -0.25) is 4.79 Å². The molecule has 188 valence electrons. The van der Waals surface area contributed by atoms with Crippen LogP contribution in [0.15, 0.2) is 54.7 Å². The normalized spacial score (nSPS) is 14.9. The molecule has 2 fully saturated rings. The lowest BCUT2D eigenvalue weighted by molar-refractivity contribution is 0.0472. The molecule has 1 saturated carbocycles. The first kappa shape index (κ1) is 24.2. The number of morpholine rings is 1. The molecule has 0 unspecified atom stereocenters. The largest absolute Gasteiger partial charge is 0.459 e. The Morgan fingerprint density at radius 3 is 2.62 bits per heavy atom. The molecule has 0 spiro atoms. The maximum absolute atomic E-state index is 13.0. The highest BCUT2D eigenvalue weighted by molar-refractivity contribution is 5.97. The number of benzene rings is 2. The number of carbonyl (C=O) groups excluding carboxylic acids is 2. The zero-order chi connectivity index (χ0) is 25.6. The lowest BCUT2D eigenvalue weighted by Gasteiger charge is -2.30. The van der Waals surface area contributed by atoms with Crippen LogP contribution < -0.4 is 15.5 Å². The number of nitriles is 1. The Morgan fingerprint density at radius 2 is 1.89 bits per heavy atom. The molecule has 2 aliphatic rings. The van der Waals surface area contributed by atoms with Gasteiger partial charge in [-0.05, 0) is 49.2 Å². The summed E-state index contributed by atoms with van der Waals surface area (Å²) in [6, 6.07) is 16.2. The van der Waals surface area contributed by atoms with Crippen LogP contribution in [0.5, 0.6) is 0 Å². The fourth-order valence-corrected chi connectivity index (χ4v) is 3.98. The highest BCUT2D eigenvalue weighted by Crippen LogP contribution is 2.31. The van der Waals surface area contributed by atoms with Crippen LogP contribution in [0, 0.1) is 11.3 Å². The first-order valence-electron chi connectivity index (χ1n) is 12.1. The van der Waals surface area contributed by atoms with Crippen molar-refractivity contribution < 1.29 is 19.1 Å². The number of rotatable bonds is 8. The van der Waals surface area contributed by atoms with E-state index < -0.39 is 0 Å². The second-order valence-electron chi connectivity index (χ2n) is 8.74. The molecule has 10 heteroatoms. The average Bonchev–Trinajstić information content (AvgIpc) is 3.76. The molecule has 1 aliphatic heterocycles. The first-order chi connectivity index (χ1) is 18.1. The lowest BCUT2D eigenvalue weighted by Crippen LogP contribution is -2.37. The second-order valence-corrected chi connectivity index (χ2v) is 8.74. The van der Waals surface area contributed by atoms with Crippen molar-refractivity contribution in [3.05, 3.63) is 65.9 Å². The summed E-state index contributed by atoms with van der Waals surface area (Å²) in [7, 11) is 0. The van der Waals surface area contributed by atoms with Gasteiger partial charge in [-0.2, -0.15) is 5.26 Å². The van der Waals surface area contributed by atoms with Crippen LogP contribution in [0.2, 0.25) is 0 Å². The third-order valence-electron chi connectivity index (χ3n) is 6.05. The molecule has 2 aromatic carbocycles. The predicted octanol–water partition coefficient (Wildman–Crippen LogP) is 3.30. The molecule has 0 radical (unpaired) electrons. The van der Waals surface area contributed by atoms with Gasteiger partial charge in [0.25, 0.3) is 5.91 Å². The molecular formula is C27H26N6O4. The minimum Gasteiger partial charge on any atom is -0.459 e. The van der Waals surface area contributed by atoms with Crippen LogP contribution in [0.4, 0.5) is 17.3 Å². The molecule has 0 bridgehead atoms. The fraction of sp³-hybridized carbons (Fsp3) is 0.296. The third kappa shape index (κ3) is 6.02. The van der Waals surface area contributed by atoms with E-state index in [1.165, 1.54) is 0 Å². The summed E-state index contributed by atoms with van der Waals surface area (Å²) in [5.74, 6) is -0.273. The molecule has 1 aliphatic carbocycles. The highest BCUT2D eigenvalue weighted by Gasteiger charge is 2.29. The van der Waals surface area contributed by atoms with Crippen molar-refractivity contribution in [2.45, 2.75) is 18.9 Å². The van der Waals surface area contributed by atoms with Crippen molar-refractivity contribution in [3.8, 4) is 17.3 Å². The van der Waals surface area contributed by atoms with E-state index in [1.807, 2.05) is 18.2 Å². The van der Waals surface area contributed by atoms with E-state index in [9.17, 15) is 9.59 Å². The second kappa shape index (κ2) is 11.1. The summed E-state index contributed by atoms with van der Waals surface area (Å²) in [5, 5.41) is 14.3. The molecule has 3 aromatic rings.